The number of non-ortho nitro benzene ring substituents is 1. The van der Waals surface area contributed by atoms with Crippen molar-refractivity contribution < 1.29 is 222 Å². The van der Waals surface area contributed by atoms with E-state index in [0.29, 0.717) is 30.3 Å². The van der Waals surface area contributed by atoms with E-state index >= 15 is 0 Å². The van der Waals surface area contributed by atoms with E-state index in [9.17, 15) is 67.1 Å². The van der Waals surface area contributed by atoms with Crippen LogP contribution in [0.2, 0.25) is 0 Å². The first-order valence-electron chi connectivity index (χ1n) is 15.0. The van der Waals surface area contributed by atoms with Gasteiger partial charge >= 0.3 is 158 Å². The number of phenolic OH excluding ortho intramolecular Hbond substituents is 1. The Morgan fingerprint density at radius 3 is 1.65 bits per heavy atom. The SMILES string of the molecule is Cc1cc(N=Nc2cc(S(=O)(=O)[O-])ccc2S(=O)(=O)[O-])ccc1N=Nc1cc(S(=O)(=O)[O-])c2cc(S(=O)(=O)[O-])c(N=Nc3[c-]cc([N+](=O)[O-])cc3)c(O)c2c1N.O=S(=O)=O.[Na+].[Na+].[Na+].[Na+].[Na+]. The Bertz CT molecular complexity index is 3290. The summed E-state index contributed by atoms with van der Waals surface area (Å²) in [6.07, 6.45) is 0. The second-order valence-electron chi connectivity index (χ2n) is 11.2. The Kier molecular flexibility index (Phi) is 26.6. The fraction of sp³-hybridized carbons (Fsp3) is 0.0345. The van der Waals surface area contributed by atoms with Crippen LogP contribution in [0.4, 0.5) is 45.5 Å². The molecular weight excluding hydrogens is 1020 g/mol. The van der Waals surface area contributed by atoms with E-state index < -0.39 is 121 Å². The average Bonchev–Trinajstić information content (AvgIpc) is 3.11. The molecule has 0 heterocycles. The summed E-state index contributed by atoms with van der Waals surface area (Å²) in [5, 5.41) is 42.9. The zero-order chi connectivity index (χ0) is 45.1. The van der Waals surface area contributed by atoms with Gasteiger partial charge in [0.05, 0.1) is 42.0 Å². The molecule has 0 saturated heterocycles. The van der Waals surface area contributed by atoms with Crippen molar-refractivity contribution in [1.82, 2.24) is 0 Å². The van der Waals surface area contributed by atoms with Crippen molar-refractivity contribution >= 4 is 107 Å². The van der Waals surface area contributed by atoms with E-state index in [1.807, 2.05) is 0 Å². The van der Waals surface area contributed by atoms with Gasteiger partial charge in [0.25, 0.3) is 0 Å². The Hall–Kier alpha value is -1.58. The van der Waals surface area contributed by atoms with Crippen molar-refractivity contribution in [2.24, 2.45) is 30.7 Å². The Balaban J connectivity index is 0. The Morgan fingerprint density at radius 1 is 0.631 bits per heavy atom. The molecule has 0 fully saturated rings. The van der Waals surface area contributed by atoms with Gasteiger partial charge in [0.15, 0.2) is 11.4 Å². The topological polar surface area (TPSA) is 444 Å². The molecule has 0 radical (unpaired) electrons. The second-order valence-corrected chi connectivity index (χ2v) is 17.0. The molecule has 0 aliphatic carbocycles. The van der Waals surface area contributed by atoms with Crippen LogP contribution in [0.3, 0.4) is 0 Å². The van der Waals surface area contributed by atoms with Crippen LogP contribution in [0.1, 0.15) is 5.56 Å². The number of aryl methyl sites for hydroxylation is 1. The minimum Gasteiger partial charge on any atom is -0.744 e. The van der Waals surface area contributed by atoms with E-state index in [1.165, 1.54) is 25.1 Å². The van der Waals surface area contributed by atoms with Crippen LogP contribution in [0, 0.1) is 23.1 Å². The zero-order valence-corrected chi connectivity index (χ0v) is 48.1. The maximum atomic E-state index is 12.3. The number of anilines is 1. The third-order valence-corrected chi connectivity index (χ3v) is 10.8. The van der Waals surface area contributed by atoms with E-state index in [0.717, 1.165) is 18.2 Å². The summed E-state index contributed by atoms with van der Waals surface area (Å²) >= 11 is 0. The van der Waals surface area contributed by atoms with Crippen molar-refractivity contribution in [3.8, 4) is 5.75 Å². The number of hydrogen-bond donors (Lipinski definition) is 2. The normalized spacial score (nSPS) is 11.6. The Labute approximate surface area is 479 Å². The summed E-state index contributed by atoms with van der Waals surface area (Å²) < 4.78 is 168. The van der Waals surface area contributed by atoms with Gasteiger partial charge in [0.2, 0.25) is 0 Å². The van der Waals surface area contributed by atoms with Gasteiger partial charge in [-0.1, -0.05) is 12.1 Å². The molecule has 5 aromatic carbocycles. The van der Waals surface area contributed by atoms with Gasteiger partial charge in [0.1, 0.15) is 57.5 Å². The van der Waals surface area contributed by atoms with Gasteiger partial charge in [-0.2, -0.15) is 15.3 Å². The molecule has 0 saturated carbocycles. The van der Waals surface area contributed by atoms with Crippen molar-refractivity contribution in [1.29, 1.82) is 0 Å². The number of aromatic hydroxyl groups is 1. The van der Waals surface area contributed by atoms with Crippen LogP contribution in [0.5, 0.6) is 5.75 Å². The molecule has 0 unspecified atom stereocenters. The molecule has 5 aromatic rings. The standard InChI is InChI=1S/C29H21N8O15S4.5Na.O3S/c1-14-10-16(32-34-21-11-18(53(41,42)43)7-9-23(21)54(44,45)46)4-8-20(14)33-35-22-13-24(55(47,48)49)19-12-25(56(50,51)52)28(29(38)26(19)27(22)30)36-31-15-2-5-17(6-3-15)37(39)40;;;;;;1-4(2)3/h2,4-13,38H,30H2,1H3,(H,41,42,43)(H,44,45,46)(H,47,48,49)(H,50,51,52);;;;;;/q-1;5*+1;/p-4. The number of nitrogens with zero attached hydrogens (tertiary/aromatic N) is 7. The fourth-order valence-electron chi connectivity index (χ4n) is 4.75. The Morgan fingerprint density at radius 2 is 1.17 bits per heavy atom. The van der Waals surface area contributed by atoms with Gasteiger partial charge in [-0.25, -0.2) is 33.7 Å². The van der Waals surface area contributed by atoms with Gasteiger partial charge < -0.3 is 29.1 Å². The van der Waals surface area contributed by atoms with Gasteiger partial charge in [-0.15, -0.1) is 40.1 Å². The van der Waals surface area contributed by atoms with E-state index in [1.54, 1.807) is 0 Å². The van der Waals surface area contributed by atoms with Crippen LogP contribution in [-0.2, 0) is 51.1 Å². The maximum absolute atomic E-state index is 12.3. The first-order chi connectivity index (χ1) is 27.6. The number of nitro benzene ring substituents is 1. The van der Waals surface area contributed by atoms with Crippen LogP contribution < -0.4 is 154 Å². The molecule has 3 N–H and O–H groups in total. The third-order valence-electron chi connectivity index (χ3n) is 7.31. The number of nitro groups is 1. The molecule has 0 atom stereocenters. The number of azo groups is 3. The quantitative estimate of drug-likeness (QED) is 0.0236. The summed E-state index contributed by atoms with van der Waals surface area (Å²) in [5.74, 6) is -1.24. The number of phenols is 1. The number of nitrogens with two attached hydrogens (primary N) is 1. The van der Waals surface area contributed by atoms with Crippen LogP contribution >= 0.6 is 0 Å². The van der Waals surface area contributed by atoms with Crippen molar-refractivity contribution in [3.63, 3.8) is 0 Å². The predicted molar refractivity (Wildman–Crippen MR) is 194 cm³/mol. The molecule has 0 amide bonds. The first kappa shape index (κ1) is 65.5. The number of hydrogen-bond acceptors (Lipinski definition) is 25. The van der Waals surface area contributed by atoms with E-state index in [2.05, 4.69) is 36.8 Å². The molecule has 316 valence electrons. The number of fused-ring (bicyclic) bond motifs is 1. The molecule has 0 spiro atoms. The van der Waals surface area contributed by atoms with Crippen molar-refractivity contribution in [3.05, 3.63) is 88.5 Å². The minimum atomic E-state index is -5.58. The number of rotatable bonds is 11. The first-order valence-corrected chi connectivity index (χ1v) is 21.6. The molecule has 0 aromatic heterocycles. The van der Waals surface area contributed by atoms with Crippen LogP contribution in [0.25, 0.3) is 10.8 Å². The van der Waals surface area contributed by atoms with Crippen LogP contribution in [0.15, 0.2) is 117 Å². The van der Waals surface area contributed by atoms with Gasteiger partial charge in [-0.05, 0) is 66.7 Å². The number of benzene rings is 5. The average molecular weight is 1040 g/mol. The second kappa shape index (κ2) is 26.4. The van der Waals surface area contributed by atoms with E-state index in [4.69, 9.17) is 18.4 Å². The van der Waals surface area contributed by atoms with Gasteiger partial charge in [0, 0.05) is 10.3 Å². The summed E-state index contributed by atoms with van der Waals surface area (Å²) in [6, 6.07) is 11.8. The van der Waals surface area contributed by atoms with Crippen molar-refractivity contribution in [2.45, 2.75) is 26.5 Å². The van der Waals surface area contributed by atoms with Gasteiger partial charge in [-0.3, -0.25) is 10.1 Å². The maximum Gasteiger partial charge on any atom is 1.00 e. The molecule has 0 aliphatic rings. The monoisotopic (exact) mass is 1040 g/mol. The minimum absolute atomic E-state index is 0. The summed E-state index contributed by atoms with van der Waals surface area (Å²) in [5.41, 5.74) is 2.79. The molecule has 0 bridgehead atoms. The molecular formula is C29H17N8Na5O18S5. The third kappa shape index (κ3) is 17.7. The van der Waals surface area contributed by atoms with E-state index in [-0.39, 0.29) is 170 Å². The van der Waals surface area contributed by atoms with Crippen LogP contribution in [-0.4, -0.2) is 74.5 Å². The molecule has 0 aliphatic heterocycles. The fourth-order valence-corrected chi connectivity index (χ4v) is 7.15. The smallest absolute Gasteiger partial charge is 0.744 e. The summed E-state index contributed by atoms with van der Waals surface area (Å²) in [4.78, 5) is 5.79. The zero-order valence-electron chi connectivity index (χ0n) is 34.0. The molecule has 26 nitrogen and oxygen atoms in total. The number of nitrogen functional groups attached to an aromatic ring is 1. The largest absolute Gasteiger partial charge is 1.00 e. The summed E-state index contributed by atoms with van der Waals surface area (Å²) in [7, 11) is -24.5. The predicted octanol–water partition coefficient (Wildman–Crippen LogP) is -11.0. The molecule has 65 heavy (non-hydrogen) atoms. The van der Waals surface area contributed by atoms with Crippen molar-refractivity contribution in [2.75, 3.05) is 5.73 Å². The summed E-state index contributed by atoms with van der Waals surface area (Å²) in [6.45, 7) is 1.44. The molecule has 5 rings (SSSR count). The molecule has 36 heteroatoms.